The SMILES string of the molecule is CCNCCN1C(=O)S/C(=C\c2ccc(OCC)cc2)C1=O. The number of carbonyl (C=O) groups excluding carboxylic acids is 2. The van der Waals surface area contributed by atoms with E-state index in [0.717, 1.165) is 29.6 Å². The van der Waals surface area contributed by atoms with Gasteiger partial charge in [-0.25, -0.2) is 0 Å². The first kappa shape index (κ1) is 16.6. The van der Waals surface area contributed by atoms with Gasteiger partial charge in [-0.2, -0.15) is 0 Å². The van der Waals surface area contributed by atoms with Gasteiger partial charge in [-0.1, -0.05) is 19.1 Å². The first-order chi connectivity index (χ1) is 10.7. The van der Waals surface area contributed by atoms with Crippen LogP contribution in [0, 0.1) is 0 Å². The van der Waals surface area contributed by atoms with E-state index in [2.05, 4.69) is 5.32 Å². The summed E-state index contributed by atoms with van der Waals surface area (Å²) < 4.78 is 5.38. The van der Waals surface area contributed by atoms with Gasteiger partial charge in [0.15, 0.2) is 0 Å². The minimum absolute atomic E-state index is 0.208. The molecule has 1 aliphatic rings. The van der Waals surface area contributed by atoms with E-state index in [-0.39, 0.29) is 11.1 Å². The molecule has 6 heteroatoms. The first-order valence-corrected chi connectivity index (χ1v) is 8.16. The van der Waals surface area contributed by atoms with Crippen LogP contribution in [0.5, 0.6) is 5.75 Å². The van der Waals surface area contributed by atoms with Crippen LogP contribution in [0.3, 0.4) is 0 Å². The Morgan fingerprint density at radius 1 is 1.23 bits per heavy atom. The zero-order chi connectivity index (χ0) is 15.9. The Kier molecular flexibility index (Phi) is 6.03. The number of hydrogen-bond donors (Lipinski definition) is 1. The van der Waals surface area contributed by atoms with E-state index in [1.54, 1.807) is 6.08 Å². The Balaban J connectivity index is 2.05. The van der Waals surface area contributed by atoms with Crippen molar-refractivity contribution in [3.63, 3.8) is 0 Å². The van der Waals surface area contributed by atoms with Crippen molar-refractivity contribution < 1.29 is 14.3 Å². The van der Waals surface area contributed by atoms with Gasteiger partial charge < -0.3 is 10.1 Å². The molecule has 1 aromatic rings. The predicted octanol–water partition coefficient (Wildman–Crippen LogP) is 2.73. The normalized spacial score (nSPS) is 16.6. The highest BCUT2D eigenvalue weighted by molar-refractivity contribution is 8.18. The number of hydrogen-bond acceptors (Lipinski definition) is 5. The molecule has 0 bridgehead atoms. The first-order valence-electron chi connectivity index (χ1n) is 7.34. The molecule has 1 heterocycles. The molecule has 1 saturated heterocycles. The minimum Gasteiger partial charge on any atom is -0.494 e. The van der Waals surface area contributed by atoms with Crippen molar-refractivity contribution in [2.24, 2.45) is 0 Å². The van der Waals surface area contributed by atoms with Gasteiger partial charge in [-0.15, -0.1) is 0 Å². The van der Waals surface area contributed by atoms with Crippen molar-refractivity contribution in [3.05, 3.63) is 34.7 Å². The number of amides is 2. The zero-order valence-electron chi connectivity index (χ0n) is 12.8. The van der Waals surface area contributed by atoms with Crippen LogP contribution in [0.25, 0.3) is 6.08 Å². The zero-order valence-corrected chi connectivity index (χ0v) is 13.6. The summed E-state index contributed by atoms with van der Waals surface area (Å²) in [5, 5.41) is 2.90. The molecule has 118 valence electrons. The van der Waals surface area contributed by atoms with E-state index >= 15 is 0 Å². The molecule has 0 aliphatic carbocycles. The second kappa shape index (κ2) is 8.00. The second-order valence-corrected chi connectivity index (χ2v) is 5.68. The van der Waals surface area contributed by atoms with Crippen LogP contribution < -0.4 is 10.1 Å². The van der Waals surface area contributed by atoms with E-state index in [1.165, 1.54) is 4.90 Å². The molecule has 22 heavy (non-hydrogen) atoms. The summed E-state index contributed by atoms with van der Waals surface area (Å²) in [6.07, 6.45) is 1.74. The fourth-order valence-corrected chi connectivity index (χ4v) is 2.90. The number of carbonyl (C=O) groups is 2. The highest BCUT2D eigenvalue weighted by atomic mass is 32.2. The molecule has 1 aromatic carbocycles. The summed E-state index contributed by atoms with van der Waals surface area (Å²) in [6, 6.07) is 7.45. The molecule has 0 unspecified atom stereocenters. The van der Waals surface area contributed by atoms with E-state index in [4.69, 9.17) is 4.74 Å². The van der Waals surface area contributed by atoms with Gasteiger partial charge in [0.25, 0.3) is 11.1 Å². The third-order valence-electron chi connectivity index (χ3n) is 3.12. The molecule has 1 fully saturated rings. The van der Waals surface area contributed by atoms with Crippen molar-refractivity contribution in [2.45, 2.75) is 13.8 Å². The number of rotatable bonds is 7. The molecular formula is C16H20N2O3S. The maximum Gasteiger partial charge on any atom is 0.293 e. The molecule has 0 saturated carbocycles. The average molecular weight is 320 g/mol. The van der Waals surface area contributed by atoms with Crippen LogP contribution in [0.15, 0.2) is 29.2 Å². The smallest absolute Gasteiger partial charge is 0.293 e. The lowest BCUT2D eigenvalue weighted by atomic mass is 10.2. The minimum atomic E-state index is -0.221. The maximum absolute atomic E-state index is 12.2. The molecule has 2 rings (SSSR count). The van der Waals surface area contributed by atoms with Crippen LogP contribution >= 0.6 is 11.8 Å². The van der Waals surface area contributed by atoms with Crippen LogP contribution in [0.1, 0.15) is 19.4 Å². The third-order valence-corrected chi connectivity index (χ3v) is 4.03. The van der Waals surface area contributed by atoms with Crippen molar-refractivity contribution in [2.75, 3.05) is 26.2 Å². The fraction of sp³-hybridized carbons (Fsp3) is 0.375. The van der Waals surface area contributed by atoms with Gasteiger partial charge in [-0.05, 0) is 49.0 Å². The molecule has 1 N–H and O–H groups in total. The van der Waals surface area contributed by atoms with E-state index < -0.39 is 0 Å². The van der Waals surface area contributed by atoms with Crippen LogP contribution in [-0.4, -0.2) is 42.3 Å². The lowest BCUT2D eigenvalue weighted by Gasteiger charge is -2.11. The van der Waals surface area contributed by atoms with Crippen LogP contribution in [0.4, 0.5) is 4.79 Å². The summed E-state index contributed by atoms with van der Waals surface area (Å²) in [7, 11) is 0. The number of benzene rings is 1. The lowest BCUT2D eigenvalue weighted by molar-refractivity contribution is -0.122. The monoisotopic (exact) mass is 320 g/mol. The van der Waals surface area contributed by atoms with Crippen molar-refractivity contribution in [1.29, 1.82) is 0 Å². The number of thioether (sulfide) groups is 1. The summed E-state index contributed by atoms with van der Waals surface area (Å²) in [4.78, 5) is 25.9. The Hall–Kier alpha value is -1.79. The Bertz CT molecular complexity index is 569. The van der Waals surface area contributed by atoms with E-state index in [0.29, 0.717) is 24.6 Å². The maximum atomic E-state index is 12.2. The molecule has 5 nitrogen and oxygen atoms in total. The van der Waals surface area contributed by atoms with E-state index in [9.17, 15) is 9.59 Å². The Morgan fingerprint density at radius 3 is 2.59 bits per heavy atom. The summed E-state index contributed by atoms with van der Waals surface area (Å²) in [5.41, 5.74) is 0.876. The standard InChI is InChI=1S/C16H20N2O3S/c1-3-17-9-10-18-15(19)14(22-16(18)20)11-12-5-7-13(8-6-12)21-4-2/h5-8,11,17H,3-4,9-10H2,1-2H3/b14-11-. The van der Waals surface area contributed by atoms with Crippen molar-refractivity contribution >= 4 is 29.0 Å². The quantitative estimate of drug-likeness (QED) is 0.618. The number of nitrogens with zero attached hydrogens (tertiary/aromatic N) is 1. The van der Waals surface area contributed by atoms with Crippen LogP contribution in [0.2, 0.25) is 0 Å². The van der Waals surface area contributed by atoms with E-state index in [1.807, 2.05) is 38.1 Å². The second-order valence-electron chi connectivity index (χ2n) is 4.69. The molecular weight excluding hydrogens is 300 g/mol. The van der Waals surface area contributed by atoms with Crippen molar-refractivity contribution in [1.82, 2.24) is 10.2 Å². The number of nitrogens with one attached hydrogen (secondary N) is 1. The summed E-state index contributed by atoms with van der Waals surface area (Å²) in [6.45, 7) is 6.36. The summed E-state index contributed by atoms with van der Waals surface area (Å²) in [5.74, 6) is 0.570. The average Bonchev–Trinajstić information content (AvgIpc) is 2.77. The largest absolute Gasteiger partial charge is 0.494 e. The Morgan fingerprint density at radius 2 is 1.95 bits per heavy atom. The predicted molar refractivity (Wildman–Crippen MR) is 88.8 cm³/mol. The summed E-state index contributed by atoms with van der Waals surface area (Å²) >= 11 is 0.989. The lowest BCUT2D eigenvalue weighted by Crippen LogP contribution is -2.35. The third kappa shape index (κ3) is 4.11. The molecule has 0 aromatic heterocycles. The van der Waals surface area contributed by atoms with Crippen LogP contribution in [-0.2, 0) is 4.79 Å². The molecule has 0 atom stereocenters. The molecule has 1 aliphatic heterocycles. The molecule has 0 spiro atoms. The molecule has 0 radical (unpaired) electrons. The number of likely N-dealkylation sites (N-methyl/N-ethyl adjacent to an activating group) is 1. The van der Waals surface area contributed by atoms with Gasteiger partial charge in [0.05, 0.1) is 11.5 Å². The fourth-order valence-electron chi connectivity index (χ4n) is 2.04. The number of ether oxygens (including phenoxy) is 1. The van der Waals surface area contributed by atoms with Gasteiger partial charge in [0.1, 0.15) is 5.75 Å². The highest BCUT2D eigenvalue weighted by Gasteiger charge is 2.34. The van der Waals surface area contributed by atoms with Crippen molar-refractivity contribution in [3.8, 4) is 5.75 Å². The Labute approximate surface area is 134 Å². The van der Waals surface area contributed by atoms with Gasteiger partial charge in [0, 0.05) is 13.1 Å². The molecule has 2 amide bonds. The topological polar surface area (TPSA) is 58.6 Å². The van der Waals surface area contributed by atoms with Gasteiger partial charge >= 0.3 is 0 Å². The number of imide groups is 1. The van der Waals surface area contributed by atoms with Gasteiger partial charge in [0.2, 0.25) is 0 Å². The highest BCUT2D eigenvalue weighted by Crippen LogP contribution is 2.32. The van der Waals surface area contributed by atoms with Gasteiger partial charge in [-0.3, -0.25) is 14.5 Å².